The fourth-order valence-corrected chi connectivity index (χ4v) is 14.3. The van der Waals surface area contributed by atoms with Gasteiger partial charge in [0, 0.05) is 93.0 Å². The molecule has 9 atom stereocenters. The number of cyclic esters (lactones) is 1. The molecule has 10 rings (SSSR count). The van der Waals surface area contributed by atoms with E-state index in [1.54, 1.807) is 18.2 Å². The number of aromatic nitrogens is 1. The number of fused-ring (bicyclic) bond motifs is 7. The van der Waals surface area contributed by atoms with Crippen LogP contribution >= 0.6 is 0 Å². The lowest BCUT2D eigenvalue weighted by atomic mass is 9.66. The SMILES string of the molecule is CO[C@@H]1C2=C(CC(C3CCCN(C)CC3)C=N2)c2c3c4cc(ccc4n2CC(F)(F)F)-c2cccc(c2)CC2(NN2C(=O)[C@H](C(C)C)N(C)C(=O)C2(F)CCN(C(=O)C#CC(C)(C)N(C)C)CC2)C(C)N2CCC[C@H](N2)C(=O)OCC(C)(C)C31. The van der Waals surface area contributed by atoms with Crippen LogP contribution in [0.5, 0.6) is 0 Å². The van der Waals surface area contributed by atoms with Gasteiger partial charge >= 0.3 is 12.1 Å². The van der Waals surface area contributed by atoms with E-state index < -0.39 is 94.8 Å². The predicted octanol–water partition coefficient (Wildman–Crippen LogP) is 8.20. The standard InChI is InChI=1S/C64H86F4N10O6/c1-39(2)54(74(11)59(82)62(65)25-30-75(31-26-62)50(79)22-24-61(6,7)72(8)9)57(80)78-63(71-78)35-41-16-13-17-43(32-41)44-20-21-49-46(33-44)51-52(60(4,5)38-84-58(81)48-19-15-28-77(70-48)40(63)3)56(83-12)53-47(55(51)76(49)37-64(66,67)68)34-45(36-69-53)42-18-14-27-73(10)29-23-42/h13,16-17,20-21,32-33,36,39-40,42,45,48,52,54,56,70-71H,14-15,18-19,23,25-31,34-35,37-38H2,1-12H3/t40?,42?,45?,48-,52?,54-,56-,63?,78?/m0/s1. The van der Waals surface area contributed by atoms with Gasteiger partial charge in [-0.2, -0.15) is 13.2 Å². The van der Waals surface area contributed by atoms with Crippen LogP contribution in [0.25, 0.3) is 27.6 Å². The summed E-state index contributed by atoms with van der Waals surface area (Å²) in [5.41, 5.74) is 7.44. The van der Waals surface area contributed by atoms with Gasteiger partial charge in [-0.1, -0.05) is 63.9 Å². The number of allylic oxidation sites excluding steroid dienone is 1. The monoisotopic (exact) mass is 1170 g/mol. The molecule has 4 saturated heterocycles. The predicted molar refractivity (Wildman–Crippen MR) is 315 cm³/mol. The summed E-state index contributed by atoms with van der Waals surface area (Å²) in [6, 6.07) is 11.2. The lowest BCUT2D eigenvalue weighted by molar-refractivity contribution is -0.156. The molecule has 7 aliphatic rings. The van der Waals surface area contributed by atoms with Crippen molar-refractivity contribution >= 4 is 46.4 Å². The lowest BCUT2D eigenvalue weighted by Gasteiger charge is -2.44. The molecule has 20 heteroatoms. The molecule has 4 fully saturated rings. The summed E-state index contributed by atoms with van der Waals surface area (Å²) >= 11 is 0. The van der Waals surface area contributed by atoms with Crippen molar-refractivity contribution in [2.75, 3.05) is 74.6 Å². The number of piperidine rings is 1. The Morgan fingerprint density at radius 1 is 0.964 bits per heavy atom. The number of hydrogen-bond donors (Lipinski definition) is 2. The van der Waals surface area contributed by atoms with Crippen molar-refractivity contribution in [3.05, 3.63) is 65.0 Å². The Balaban J connectivity index is 1.01. The molecule has 1 aromatic heterocycles. The maximum absolute atomic E-state index is 17.0. The minimum absolute atomic E-state index is 0.0156. The molecule has 3 amide bonds. The summed E-state index contributed by atoms with van der Waals surface area (Å²) in [6.45, 7) is 14.5. The molecule has 7 heterocycles. The number of aliphatic imine (C=N–C) groups is 1. The molecule has 84 heavy (non-hydrogen) atoms. The number of methoxy groups -OCH3 is 1. The first-order chi connectivity index (χ1) is 39.6. The molecule has 3 aromatic rings. The Hall–Kier alpha value is -5.69. The quantitative estimate of drug-likeness (QED) is 0.0971. The summed E-state index contributed by atoms with van der Waals surface area (Å²) in [5, 5.41) is 4.17. The summed E-state index contributed by atoms with van der Waals surface area (Å²) < 4.78 is 76.9. The van der Waals surface area contributed by atoms with Crippen LogP contribution in [0.2, 0.25) is 0 Å². The zero-order valence-corrected chi connectivity index (χ0v) is 51.1. The summed E-state index contributed by atoms with van der Waals surface area (Å²) in [6.07, 6.45) is 1.09. The summed E-state index contributed by atoms with van der Waals surface area (Å²) in [5.74, 6) is 2.76. The van der Waals surface area contributed by atoms with Crippen LogP contribution in [0, 0.1) is 35.0 Å². The van der Waals surface area contributed by atoms with Crippen LogP contribution in [-0.4, -0.2) is 186 Å². The van der Waals surface area contributed by atoms with E-state index in [0.717, 1.165) is 60.2 Å². The number of likely N-dealkylation sites (tertiary alicyclic amines) is 2. The highest BCUT2D eigenvalue weighted by molar-refractivity contribution is 5.98. The number of halogens is 4. The van der Waals surface area contributed by atoms with E-state index in [1.165, 1.54) is 21.4 Å². The second kappa shape index (κ2) is 23.2. The Morgan fingerprint density at radius 2 is 1.68 bits per heavy atom. The zero-order valence-electron chi connectivity index (χ0n) is 51.1. The molecule has 0 radical (unpaired) electrons. The lowest BCUT2D eigenvalue weighted by Crippen LogP contribution is -2.62. The largest absolute Gasteiger partial charge is 0.464 e. The maximum Gasteiger partial charge on any atom is 0.406 e. The van der Waals surface area contributed by atoms with Gasteiger partial charge in [-0.05, 0) is 146 Å². The fourth-order valence-electron chi connectivity index (χ4n) is 14.3. The van der Waals surface area contributed by atoms with E-state index in [2.05, 4.69) is 34.6 Å². The van der Waals surface area contributed by atoms with Crippen molar-refractivity contribution < 1.29 is 46.2 Å². The van der Waals surface area contributed by atoms with E-state index in [9.17, 15) is 14.4 Å². The van der Waals surface area contributed by atoms with Gasteiger partial charge in [-0.15, -0.1) is 0 Å². The van der Waals surface area contributed by atoms with E-state index in [1.807, 2.05) is 115 Å². The number of ether oxygens (including phenoxy) is 2. The first-order valence-corrected chi connectivity index (χ1v) is 30.2. The van der Waals surface area contributed by atoms with Crippen LogP contribution in [0.3, 0.4) is 0 Å². The van der Waals surface area contributed by atoms with E-state index in [4.69, 9.17) is 14.5 Å². The fraction of sp³-hybridized carbons (Fsp3) is 0.641. The van der Waals surface area contributed by atoms with Crippen LogP contribution in [0.1, 0.15) is 123 Å². The number of nitrogens with zero attached hydrogens (tertiary/aromatic N) is 8. The van der Waals surface area contributed by atoms with Gasteiger partial charge in [-0.25, -0.2) is 25.3 Å². The van der Waals surface area contributed by atoms with E-state index >= 15 is 22.4 Å². The van der Waals surface area contributed by atoms with Crippen molar-refractivity contribution in [2.24, 2.45) is 28.2 Å². The smallest absolute Gasteiger partial charge is 0.406 e. The van der Waals surface area contributed by atoms with E-state index in [-0.39, 0.29) is 44.9 Å². The van der Waals surface area contributed by atoms with Crippen molar-refractivity contribution in [3.8, 4) is 23.0 Å². The highest BCUT2D eigenvalue weighted by atomic mass is 19.4. The number of carbonyl (C=O) groups is 4. The number of nitrogens with one attached hydrogen (secondary N) is 2. The van der Waals surface area contributed by atoms with Gasteiger partial charge in [0.2, 0.25) is 0 Å². The number of esters is 1. The van der Waals surface area contributed by atoms with Gasteiger partial charge in [0.15, 0.2) is 5.67 Å². The number of benzene rings is 2. The molecule has 6 bridgehead atoms. The normalized spacial score (nSPS) is 28.5. The van der Waals surface area contributed by atoms with Gasteiger partial charge in [0.05, 0.1) is 29.6 Å². The second-order valence-corrected chi connectivity index (χ2v) is 26.8. The highest BCUT2D eigenvalue weighted by Crippen LogP contribution is 2.56. The number of amides is 3. The van der Waals surface area contributed by atoms with E-state index in [0.29, 0.717) is 54.0 Å². The third-order valence-electron chi connectivity index (χ3n) is 19.8. The zero-order chi connectivity index (χ0) is 60.6. The first kappa shape index (κ1) is 61.4. The van der Waals surface area contributed by atoms with Gasteiger partial charge in [0.1, 0.15) is 30.4 Å². The number of rotatable bonds is 8. The average molecular weight is 1170 g/mol. The number of hydrazine groups is 2. The Morgan fingerprint density at radius 3 is 2.37 bits per heavy atom. The second-order valence-electron chi connectivity index (χ2n) is 26.8. The summed E-state index contributed by atoms with van der Waals surface area (Å²) in [7, 11) is 8.95. The minimum Gasteiger partial charge on any atom is -0.464 e. The van der Waals surface area contributed by atoms with Crippen LogP contribution < -0.4 is 10.9 Å². The van der Waals surface area contributed by atoms with Crippen LogP contribution in [0.4, 0.5) is 17.6 Å². The van der Waals surface area contributed by atoms with Gasteiger partial charge < -0.3 is 28.7 Å². The van der Waals surface area contributed by atoms with Gasteiger partial charge in [0.25, 0.3) is 17.7 Å². The number of hydrogen-bond acceptors (Lipinski definition) is 12. The van der Waals surface area contributed by atoms with Crippen molar-refractivity contribution in [3.63, 3.8) is 0 Å². The highest BCUT2D eigenvalue weighted by Gasteiger charge is 2.63. The molecule has 6 unspecified atom stereocenters. The molecule has 16 nitrogen and oxygen atoms in total. The molecule has 6 aliphatic heterocycles. The molecule has 1 aliphatic carbocycles. The van der Waals surface area contributed by atoms with Crippen molar-refractivity contribution in [2.45, 2.75) is 166 Å². The summed E-state index contributed by atoms with van der Waals surface area (Å²) in [4.78, 5) is 69.5. The van der Waals surface area contributed by atoms with Crippen LogP contribution in [-0.2, 0) is 41.6 Å². The molecular formula is C64H86F4N10O6. The minimum atomic E-state index is -4.57. The molecular weight excluding hydrogens is 1080 g/mol. The molecule has 0 saturated carbocycles. The number of alkyl halides is 4. The topological polar surface area (TPSA) is 157 Å². The molecule has 2 N–H and O–H groups in total. The first-order valence-electron chi connectivity index (χ1n) is 30.2. The third kappa shape index (κ3) is 11.7. The Bertz CT molecular complexity index is 3170. The molecule has 1 spiro atoms. The van der Waals surface area contributed by atoms with Gasteiger partial charge in [-0.3, -0.25) is 29.1 Å². The average Bonchev–Trinajstić information content (AvgIpc) is 1.72. The molecule has 456 valence electrons. The van der Waals surface area contributed by atoms with Crippen LogP contribution in [0.15, 0.2) is 53.2 Å². The Kier molecular flexibility index (Phi) is 17.0. The number of carbonyl (C=O) groups excluding carboxylic acids is 4. The maximum atomic E-state index is 17.0. The number of likely N-dealkylation sites (N-methyl/N-ethyl adjacent to an activating group) is 1. The van der Waals surface area contributed by atoms with Crippen molar-refractivity contribution in [1.82, 2.24) is 45.0 Å². The third-order valence-corrected chi connectivity index (χ3v) is 19.8. The Labute approximate surface area is 492 Å². The van der Waals surface area contributed by atoms with Crippen molar-refractivity contribution in [1.29, 1.82) is 0 Å². The molecule has 2 aromatic carbocycles.